The topological polar surface area (TPSA) is 60.7 Å². The van der Waals surface area contributed by atoms with Crippen molar-refractivity contribution < 1.29 is 18.9 Å². The first kappa shape index (κ1) is 13.1. The van der Waals surface area contributed by atoms with Crippen molar-refractivity contribution in [3.63, 3.8) is 0 Å². The first-order valence-electron chi connectivity index (χ1n) is 4.94. The van der Waals surface area contributed by atoms with E-state index in [9.17, 15) is 0 Å². The average molecular weight is 237 g/mol. The van der Waals surface area contributed by atoms with Gasteiger partial charge in [-0.15, -0.1) is 0 Å². The van der Waals surface area contributed by atoms with Gasteiger partial charge in [0.25, 0.3) is 0 Å². The molecule has 0 fully saturated rings. The summed E-state index contributed by atoms with van der Waals surface area (Å²) >= 11 is 0. The third-order valence-electron chi connectivity index (χ3n) is 2.34. The van der Waals surface area contributed by atoms with Crippen LogP contribution in [-0.2, 0) is 4.74 Å². The Labute approximate surface area is 100 Å². The minimum Gasteiger partial charge on any atom is -0.493 e. The quantitative estimate of drug-likeness (QED) is 0.783. The van der Waals surface area contributed by atoms with Crippen molar-refractivity contribution >= 4 is 0 Å². The zero-order valence-electron chi connectivity index (χ0n) is 10.3. The van der Waals surface area contributed by atoms with Gasteiger partial charge in [0.05, 0.1) is 27.4 Å². The maximum atomic E-state index is 8.95. The van der Waals surface area contributed by atoms with Crippen LogP contribution in [0.2, 0.25) is 0 Å². The van der Waals surface area contributed by atoms with Gasteiger partial charge in [0, 0.05) is 12.7 Å². The lowest BCUT2D eigenvalue weighted by molar-refractivity contribution is 0.148. The van der Waals surface area contributed by atoms with Crippen LogP contribution in [0.5, 0.6) is 17.2 Å². The van der Waals surface area contributed by atoms with E-state index in [2.05, 4.69) is 0 Å². The molecule has 0 aliphatic carbocycles. The van der Waals surface area contributed by atoms with Crippen LogP contribution in [0.3, 0.4) is 0 Å². The second-order valence-corrected chi connectivity index (χ2v) is 3.20. The van der Waals surface area contributed by atoms with Gasteiger partial charge in [-0.3, -0.25) is 0 Å². The maximum absolute atomic E-state index is 8.95. The fourth-order valence-electron chi connectivity index (χ4n) is 1.52. The summed E-state index contributed by atoms with van der Waals surface area (Å²) in [5.41, 5.74) is 0.657. The van der Waals surface area contributed by atoms with Gasteiger partial charge in [0.2, 0.25) is 5.75 Å². The van der Waals surface area contributed by atoms with Crippen LogP contribution < -0.4 is 14.2 Å². The molecule has 0 radical (unpaired) electrons. The first-order chi connectivity index (χ1) is 8.21. The molecule has 0 saturated heterocycles. The van der Waals surface area contributed by atoms with Crippen LogP contribution in [-0.4, -0.2) is 28.4 Å². The van der Waals surface area contributed by atoms with E-state index in [1.807, 2.05) is 6.07 Å². The number of rotatable bonds is 5. The number of benzene rings is 1. The Morgan fingerprint density at radius 1 is 1.00 bits per heavy atom. The molecule has 1 aromatic rings. The molecule has 0 heterocycles. The van der Waals surface area contributed by atoms with Crippen LogP contribution in [0.25, 0.3) is 0 Å². The highest BCUT2D eigenvalue weighted by atomic mass is 16.5. The van der Waals surface area contributed by atoms with Crippen molar-refractivity contribution in [1.29, 1.82) is 5.26 Å². The highest BCUT2D eigenvalue weighted by Gasteiger charge is 2.17. The van der Waals surface area contributed by atoms with E-state index in [-0.39, 0.29) is 0 Å². The Balaban J connectivity index is 3.32. The summed E-state index contributed by atoms with van der Waals surface area (Å²) in [5.74, 6) is 1.49. The fraction of sp³-hybridized carbons (Fsp3) is 0.417. The molecule has 0 spiro atoms. The van der Waals surface area contributed by atoms with Crippen molar-refractivity contribution in [2.45, 2.75) is 6.10 Å². The summed E-state index contributed by atoms with van der Waals surface area (Å²) < 4.78 is 20.6. The lowest BCUT2D eigenvalue weighted by Crippen LogP contribution is -2.02. The van der Waals surface area contributed by atoms with Crippen molar-refractivity contribution in [1.82, 2.24) is 0 Å². The van der Waals surface area contributed by atoms with E-state index in [1.54, 1.807) is 12.1 Å². The van der Waals surface area contributed by atoms with E-state index in [0.717, 1.165) is 0 Å². The molecule has 0 aliphatic heterocycles. The predicted molar refractivity (Wildman–Crippen MR) is 61.5 cm³/mol. The van der Waals surface area contributed by atoms with Gasteiger partial charge in [-0.2, -0.15) is 5.26 Å². The lowest BCUT2D eigenvalue weighted by atomic mass is 10.1. The molecule has 1 rings (SSSR count). The zero-order chi connectivity index (χ0) is 12.8. The molecule has 1 atom stereocenters. The summed E-state index contributed by atoms with van der Waals surface area (Å²) in [6.45, 7) is 0. The molecule has 0 saturated carbocycles. The third-order valence-corrected chi connectivity index (χ3v) is 2.34. The maximum Gasteiger partial charge on any atom is 0.203 e. The highest BCUT2D eigenvalue weighted by molar-refractivity contribution is 5.54. The Bertz CT molecular complexity index is 400. The molecule has 5 nitrogen and oxygen atoms in total. The number of hydrogen-bond donors (Lipinski definition) is 0. The van der Waals surface area contributed by atoms with E-state index in [0.29, 0.717) is 22.8 Å². The molecule has 17 heavy (non-hydrogen) atoms. The predicted octanol–water partition coefficient (Wildman–Crippen LogP) is 1.92. The number of methoxy groups -OCH3 is 4. The van der Waals surface area contributed by atoms with E-state index in [1.165, 1.54) is 28.4 Å². The molecule has 0 aromatic heterocycles. The van der Waals surface area contributed by atoms with E-state index in [4.69, 9.17) is 24.2 Å². The van der Waals surface area contributed by atoms with Crippen LogP contribution in [0.1, 0.15) is 11.7 Å². The Morgan fingerprint density at radius 3 is 1.82 bits per heavy atom. The van der Waals surface area contributed by atoms with Gasteiger partial charge in [-0.05, 0) is 12.1 Å². The molecule has 0 bridgehead atoms. The SMILES string of the molecule is COc1cc(C(C#N)OC)cc(OC)c1OC. The standard InChI is InChI=1S/C12H15NO4/c1-14-9-5-8(11(7-13)16-3)6-10(15-2)12(9)17-4/h5-6,11H,1-4H3. The van der Waals surface area contributed by atoms with Gasteiger partial charge in [0.1, 0.15) is 0 Å². The molecule has 0 N–H and O–H groups in total. The van der Waals surface area contributed by atoms with Crippen LogP contribution in [0.4, 0.5) is 0 Å². The molecule has 1 aromatic carbocycles. The van der Waals surface area contributed by atoms with Gasteiger partial charge < -0.3 is 18.9 Å². The number of nitriles is 1. The largest absolute Gasteiger partial charge is 0.493 e. The molecular formula is C12H15NO4. The monoisotopic (exact) mass is 237 g/mol. The van der Waals surface area contributed by atoms with Gasteiger partial charge in [-0.25, -0.2) is 0 Å². The fourth-order valence-corrected chi connectivity index (χ4v) is 1.52. The van der Waals surface area contributed by atoms with Gasteiger partial charge in [0.15, 0.2) is 17.6 Å². The summed E-state index contributed by atoms with van der Waals surface area (Å²) in [4.78, 5) is 0. The normalized spacial score (nSPS) is 11.5. The summed E-state index contributed by atoms with van der Waals surface area (Å²) in [7, 11) is 6.04. The summed E-state index contributed by atoms with van der Waals surface area (Å²) in [5, 5.41) is 8.95. The van der Waals surface area contributed by atoms with E-state index >= 15 is 0 Å². The minimum atomic E-state index is -0.663. The Kier molecular flexibility index (Phi) is 4.61. The van der Waals surface area contributed by atoms with Crippen LogP contribution in [0, 0.1) is 11.3 Å². The molecule has 92 valence electrons. The van der Waals surface area contributed by atoms with Crippen molar-refractivity contribution in [2.75, 3.05) is 28.4 Å². The Hall–Kier alpha value is -1.93. The van der Waals surface area contributed by atoms with Gasteiger partial charge in [-0.1, -0.05) is 0 Å². The molecule has 0 amide bonds. The molecule has 5 heteroatoms. The summed E-state index contributed by atoms with van der Waals surface area (Å²) in [6, 6.07) is 5.42. The minimum absolute atomic E-state index is 0.492. The zero-order valence-corrected chi connectivity index (χ0v) is 10.3. The number of nitrogens with zero attached hydrogens (tertiary/aromatic N) is 1. The van der Waals surface area contributed by atoms with Crippen molar-refractivity contribution in [3.05, 3.63) is 17.7 Å². The van der Waals surface area contributed by atoms with Crippen molar-refractivity contribution in [2.24, 2.45) is 0 Å². The first-order valence-corrected chi connectivity index (χ1v) is 4.94. The Morgan fingerprint density at radius 2 is 1.53 bits per heavy atom. The molecule has 1 unspecified atom stereocenters. The smallest absolute Gasteiger partial charge is 0.203 e. The second-order valence-electron chi connectivity index (χ2n) is 3.20. The van der Waals surface area contributed by atoms with Crippen LogP contribution in [0.15, 0.2) is 12.1 Å². The highest BCUT2D eigenvalue weighted by Crippen LogP contribution is 2.39. The van der Waals surface area contributed by atoms with Gasteiger partial charge >= 0.3 is 0 Å². The van der Waals surface area contributed by atoms with E-state index < -0.39 is 6.10 Å². The second kappa shape index (κ2) is 5.97. The van der Waals surface area contributed by atoms with Crippen molar-refractivity contribution in [3.8, 4) is 23.3 Å². The lowest BCUT2D eigenvalue weighted by Gasteiger charge is -2.15. The molecule has 0 aliphatic rings. The molecular weight excluding hydrogens is 222 g/mol. The summed E-state index contributed by atoms with van der Waals surface area (Å²) in [6.07, 6.45) is -0.663. The third kappa shape index (κ3) is 2.60. The average Bonchev–Trinajstić information content (AvgIpc) is 2.38. The van der Waals surface area contributed by atoms with Crippen LogP contribution >= 0.6 is 0 Å². The number of hydrogen-bond acceptors (Lipinski definition) is 5. The number of ether oxygens (including phenoxy) is 4.